The monoisotopic (exact) mass is 192 g/mol. The molecule has 0 aliphatic heterocycles. The van der Waals surface area contributed by atoms with Gasteiger partial charge in [-0.3, -0.25) is 0 Å². The van der Waals surface area contributed by atoms with Gasteiger partial charge in [-0.1, -0.05) is 0 Å². The molecule has 0 radical (unpaired) electrons. The third-order valence-electron chi connectivity index (χ3n) is 0.142. The summed E-state index contributed by atoms with van der Waals surface area (Å²) in [5.74, 6) is 0.354. The summed E-state index contributed by atoms with van der Waals surface area (Å²) in [7, 11) is 4.76. The van der Waals surface area contributed by atoms with Crippen molar-refractivity contribution in [1.82, 2.24) is 0 Å². The van der Waals surface area contributed by atoms with E-state index in [1.807, 2.05) is 0 Å². The van der Waals surface area contributed by atoms with Crippen molar-refractivity contribution in [2.45, 2.75) is 6.18 Å². The average Bonchev–Trinajstić information content (AvgIpc) is 1.71. The molecule has 0 rings (SSSR count). The molecular formula is C3ClF3Zn. The van der Waals surface area contributed by atoms with Gasteiger partial charge in [0, 0.05) is 0 Å². The van der Waals surface area contributed by atoms with Crippen LogP contribution in [0.25, 0.3) is 0 Å². The van der Waals surface area contributed by atoms with Gasteiger partial charge in [-0.25, -0.2) is 5.92 Å². The molecule has 0 saturated carbocycles. The van der Waals surface area contributed by atoms with Crippen molar-refractivity contribution in [3.8, 4) is 5.92 Å². The van der Waals surface area contributed by atoms with Crippen LogP contribution in [0, 0.1) is 12.3 Å². The molecule has 8 heavy (non-hydrogen) atoms. The number of halogens is 4. The number of hydrogen-bond acceptors (Lipinski definition) is 0. The topological polar surface area (TPSA) is 0 Å². The zero-order chi connectivity index (χ0) is 7.21. The van der Waals surface area contributed by atoms with E-state index < -0.39 is 6.18 Å². The Morgan fingerprint density at radius 1 is 1.38 bits per heavy atom. The van der Waals surface area contributed by atoms with E-state index in [-0.39, 0.29) is 0 Å². The van der Waals surface area contributed by atoms with Crippen molar-refractivity contribution in [3.05, 3.63) is 6.42 Å². The predicted octanol–water partition coefficient (Wildman–Crippen LogP) is 1.83. The van der Waals surface area contributed by atoms with Crippen molar-refractivity contribution >= 4 is 9.69 Å². The van der Waals surface area contributed by atoms with Gasteiger partial charge in [-0.2, -0.15) is 13.2 Å². The molecule has 5 heteroatoms. The van der Waals surface area contributed by atoms with Crippen LogP contribution in [0.1, 0.15) is 0 Å². The van der Waals surface area contributed by atoms with Gasteiger partial charge < -0.3 is 6.42 Å². The minimum atomic E-state index is -4.54. The summed E-state index contributed by atoms with van der Waals surface area (Å²) in [4.78, 5) is 0. The molecule has 0 unspecified atom stereocenters. The first kappa shape index (κ1) is 11.1. The van der Waals surface area contributed by atoms with Crippen LogP contribution in [-0.2, 0) is 17.3 Å². The van der Waals surface area contributed by atoms with Crippen molar-refractivity contribution < 1.29 is 30.5 Å². The summed E-state index contributed by atoms with van der Waals surface area (Å²) >= 11 is 0.847. The van der Waals surface area contributed by atoms with Crippen LogP contribution >= 0.6 is 9.69 Å². The van der Waals surface area contributed by atoms with Gasteiger partial charge in [0.25, 0.3) is 0 Å². The van der Waals surface area contributed by atoms with Crippen molar-refractivity contribution in [2.75, 3.05) is 0 Å². The quantitative estimate of drug-likeness (QED) is 0.313. The Morgan fingerprint density at radius 3 is 1.50 bits per heavy atom. The van der Waals surface area contributed by atoms with E-state index in [2.05, 4.69) is 0 Å². The van der Waals surface area contributed by atoms with E-state index >= 15 is 0 Å². The fraction of sp³-hybridized carbons (Fsp3) is 0.333. The molecule has 0 aromatic rings. The second-order valence-corrected chi connectivity index (χ2v) is 0.623. The summed E-state index contributed by atoms with van der Waals surface area (Å²) in [6.07, 6.45) is 0.938. The average molecular weight is 194 g/mol. The Bertz CT molecular complexity index is 81.5. The van der Waals surface area contributed by atoms with E-state index in [1.165, 1.54) is 0 Å². The molecule has 0 N–H and O–H groups in total. The molecule has 0 aromatic heterocycles. The molecule has 0 aromatic carbocycles. The molecular weight excluding hydrogens is 194 g/mol. The zero-order valence-electron chi connectivity index (χ0n) is 3.72. The van der Waals surface area contributed by atoms with Gasteiger partial charge >= 0.3 is 33.2 Å². The molecule has 0 saturated heterocycles. The fourth-order valence-corrected chi connectivity index (χ4v) is 0. The molecule has 0 aliphatic rings. The maximum absolute atomic E-state index is 10.5. The predicted molar refractivity (Wildman–Crippen MR) is 19.0 cm³/mol. The van der Waals surface area contributed by atoms with Crippen molar-refractivity contribution in [2.24, 2.45) is 0 Å². The Kier molecular flexibility index (Phi) is 7.50. The van der Waals surface area contributed by atoms with E-state index in [0.29, 0.717) is 5.92 Å². The van der Waals surface area contributed by atoms with Crippen LogP contribution in [0.3, 0.4) is 0 Å². The molecule has 0 aliphatic carbocycles. The summed E-state index contributed by atoms with van der Waals surface area (Å²) in [6.45, 7) is 0. The summed E-state index contributed by atoms with van der Waals surface area (Å²) in [5, 5.41) is 0. The van der Waals surface area contributed by atoms with Crippen LogP contribution in [0.2, 0.25) is 0 Å². The molecule has 0 amide bonds. The van der Waals surface area contributed by atoms with E-state index in [4.69, 9.17) is 16.1 Å². The van der Waals surface area contributed by atoms with E-state index in [1.54, 1.807) is 0 Å². The summed E-state index contributed by atoms with van der Waals surface area (Å²) < 4.78 is 31.5. The first-order chi connectivity index (χ1) is 3.56. The Balaban J connectivity index is 0. The second kappa shape index (κ2) is 5.40. The molecule has 0 bridgehead atoms. The number of alkyl halides is 3. The molecule has 0 atom stereocenters. The third-order valence-corrected chi connectivity index (χ3v) is 0.142. The van der Waals surface area contributed by atoms with Gasteiger partial charge in [0.2, 0.25) is 0 Å². The molecule has 0 heterocycles. The van der Waals surface area contributed by atoms with Gasteiger partial charge in [-0.15, -0.1) is 0 Å². The maximum atomic E-state index is 10.5. The third kappa shape index (κ3) is 16.3. The fourth-order valence-electron chi connectivity index (χ4n) is 0. The van der Waals surface area contributed by atoms with Crippen molar-refractivity contribution in [1.29, 1.82) is 0 Å². The Hall–Kier alpha value is 0.263. The van der Waals surface area contributed by atoms with Crippen molar-refractivity contribution in [3.63, 3.8) is 0 Å². The van der Waals surface area contributed by atoms with Crippen LogP contribution in [0.5, 0.6) is 0 Å². The van der Waals surface area contributed by atoms with Crippen LogP contribution in [-0.4, -0.2) is 6.18 Å². The minimum absolute atomic E-state index is 0.354. The van der Waals surface area contributed by atoms with Gasteiger partial charge in [0.05, 0.1) is 0 Å². The molecule has 0 nitrogen and oxygen atoms in total. The Labute approximate surface area is 59.1 Å². The molecule has 0 fully saturated rings. The van der Waals surface area contributed by atoms with Crippen LogP contribution < -0.4 is 0 Å². The number of hydrogen-bond donors (Lipinski definition) is 0. The zero-order valence-corrected chi connectivity index (χ0v) is 7.44. The van der Waals surface area contributed by atoms with Crippen LogP contribution in [0.4, 0.5) is 13.2 Å². The van der Waals surface area contributed by atoms with Gasteiger partial charge in [0.15, 0.2) is 0 Å². The van der Waals surface area contributed by atoms with Crippen LogP contribution in [0.15, 0.2) is 0 Å². The molecule has 0 spiro atoms. The van der Waals surface area contributed by atoms with Gasteiger partial charge in [0.1, 0.15) is 0 Å². The normalized spacial score (nSPS) is 8.62. The second-order valence-electron chi connectivity index (χ2n) is 0.623. The first-order valence-electron chi connectivity index (χ1n) is 1.33. The van der Waals surface area contributed by atoms with Gasteiger partial charge in [-0.05, 0) is 0 Å². The summed E-state index contributed by atoms with van der Waals surface area (Å²) in [5.41, 5.74) is 0. The Morgan fingerprint density at radius 2 is 1.50 bits per heavy atom. The standard InChI is InChI=1S/C3F3.ClH.Zn/c1-2-3(4,5)6;;/h;1H;/q-1;;+2/p-1. The number of rotatable bonds is 0. The molecule has 42 valence electrons. The first-order valence-corrected chi connectivity index (χ1v) is 5.23. The SMILES string of the molecule is [C-]#CC(F)(F)F.[Cl][Zn+]. The van der Waals surface area contributed by atoms with E-state index in [9.17, 15) is 13.2 Å². The summed E-state index contributed by atoms with van der Waals surface area (Å²) in [6, 6.07) is 0. The van der Waals surface area contributed by atoms with E-state index in [0.717, 1.165) is 17.3 Å².